The molecule has 5 heteroatoms. The van der Waals surface area contributed by atoms with Gasteiger partial charge in [0.05, 0.1) is 6.10 Å². The van der Waals surface area contributed by atoms with Crippen LogP contribution < -0.4 is 4.90 Å². The molecule has 1 aromatic heterocycles. The van der Waals surface area contributed by atoms with Gasteiger partial charge in [0.2, 0.25) is 0 Å². The molecule has 1 N–H and O–H groups in total. The Morgan fingerprint density at radius 2 is 2.28 bits per heavy atom. The number of hydrogen-bond acceptors (Lipinski definition) is 5. The second kappa shape index (κ2) is 5.12. The van der Waals surface area contributed by atoms with Crippen LogP contribution in [0.25, 0.3) is 0 Å². The molecule has 0 aliphatic carbocycles. The zero-order valence-electron chi connectivity index (χ0n) is 11.1. The van der Waals surface area contributed by atoms with Crippen LogP contribution >= 0.6 is 0 Å². The van der Waals surface area contributed by atoms with E-state index in [0.29, 0.717) is 18.2 Å². The lowest BCUT2D eigenvalue weighted by molar-refractivity contribution is 0.0987. The van der Waals surface area contributed by atoms with Crippen molar-refractivity contribution >= 4 is 11.7 Å². The van der Waals surface area contributed by atoms with Crippen LogP contribution in [0.15, 0.2) is 16.5 Å². The van der Waals surface area contributed by atoms with Gasteiger partial charge in [-0.05, 0) is 26.6 Å². The van der Waals surface area contributed by atoms with Gasteiger partial charge in [-0.15, -0.1) is 0 Å². The van der Waals surface area contributed by atoms with Crippen molar-refractivity contribution in [1.29, 1.82) is 0 Å². The summed E-state index contributed by atoms with van der Waals surface area (Å²) in [5.74, 6) is 0.962. The second-order valence-electron chi connectivity index (χ2n) is 5.15. The van der Waals surface area contributed by atoms with Crippen LogP contribution in [0.3, 0.4) is 0 Å². The maximum absolute atomic E-state index is 11.2. The topological polar surface area (TPSA) is 56.9 Å². The Bertz CT molecular complexity index is 428. The summed E-state index contributed by atoms with van der Waals surface area (Å²) >= 11 is 0. The molecule has 2 heterocycles. The zero-order chi connectivity index (χ0) is 13.3. The number of aliphatic hydroxyl groups excluding tert-OH is 1. The third kappa shape index (κ3) is 2.73. The number of nitrogens with zero attached hydrogens (tertiary/aromatic N) is 2. The molecule has 0 spiro atoms. The van der Waals surface area contributed by atoms with Crippen LogP contribution in [0, 0.1) is 0 Å². The smallest absolute Gasteiger partial charge is 0.196 e. The first-order valence-electron chi connectivity index (χ1n) is 6.17. The van der Waals surface area contributed by atoms with Crippen LogP contribution in [0.2, 0.25) is 0 Å². The molecule has 0 saturated carbocycles. The molecule has 1 saturated heterocycles. The number of Topliss-reactive ketones (excluding diaryl/α,β-unsaturated/α-hetero) is 1. The van der Waals surface area contributed by atoms with E-state index in [9.17, 15) is 9.90 Å². The molecule has 0 aromatic carbocycles. The van der Waals surface area contributed by atoms with Crippen LogP contribution in [0.1, 0.15) is 23.9 Å². The summed E-state index contributed by atoms with van der Waals surface area (Å²) in [6.45, 7) is 2.90. The first-order valence-corrected chi connectivity index (χ1v) is 6.17. The quantitative estimate of drug-likeness (QED) is 0.810. The van der Waals surface area contributed by atoms with E-state index >= 15 is 0 Å². The number of carbonyl (C=O) groups excluding carboxylic acids is 1. The maximum atomic E-state index is 11.2. The summed E-state index contributed by atoms with van der Waals surface area (Å²) in [6, 6.07) is 3.72. The van der Waals surface area contributed by atoms with Crippen molar-refractivity contribution in [1.82, 2.24) is 4.90 Å². The minimum atomic E-state index is -0.333. The molecule has 1 aromatic rings. The van der Waals surface area contributed by atoms with Gasteiger partial charge in [0.15, 0.2) is 17.4 Å². The fourth-order valence-electron chi connectivity index (χ4n) is 2.43. The van der Waals surface area contributed by atoms with Crippen LogP contribution in [0.4, 0.5) is 5.88 Å². The van der Waals surface area contributed by atoms with Crippen LogP contribution in [0.5, 0.6) is 0 Å². The molecule has 0 radical (unpaired) electrons. The van der Waals surface area contributed by atoms with Gasteiger partial charge in [-0.2, -0.15) is 0 Å². The van der Waals surface area contributed by atoms with Crippen LogP contribution in [-0.4, -0.2) is 55.1 Å². The normalized spacial score (nSPS) is 23.9. The van der Waals surface area contributed by atoms with Crippen molar-refractivity contribution in [2.75, 3.05) is 32.1 Å². The van der Waals surface area contributed by atoms with Gasteiger partial charge in [-0.1, -0.05) is 0 Å². The molecule has 18 heavy (non-hydrogen) atoms. The molecule has 5 nitrogen and oxygen atoms in total. The van der Waals surface area contributed by atoms with Gasteiger partial charge < -0.3 is 19.3 Å². The Morgan fingerprint density at radius 3 is 2.83 bits per heavy atom. The highest BCUT2D eigenvalue weighted by atomic mass is 16.4. The Hall–Kier alpha value is -1.33. The fourth-order valence-corrected chi connectivity index (χ4v) is 2.43. The Balaban J connectivity index is 2.16. The predicted octanol–water partition coefficient (Wildman–Crippen LogP) is 0.983. The summed E-state index contributed by atoms with van der Waals surface area (Å²) in [6.07, 6.45) is 0.398. The van der Waals surface area contributed by atoms with E-state index in [2.05, 4.69) is 4.90 Å². The van der Waals surface area contributed by atoms with E-state index < -0.39 is 0 Å². The lowest BCUT2D eigenvalue weighted by Crippen LogP contribution is -2.37. The Morgan fingerprint density at radius 1 is 1.56 bits per heavy atom. The first kappa shape index (κ1) is 13.1. The molecular formula is C13H20N2O3. The summed E-state index contributed by atoms with van der Waals surface area (Å²) in [4.78, 5) is 15.4. The van der Waals surface area contributed by atoms with E-state index in [0.717, 1.165) is 13.0 Å². The minimum absolute atomic E-state index is 0.0786. The molecular weight excluding hydrogens is 232 g/mol. The number of likely N-dealkylation sites (N-methyl/N-ethyl adjacent to an activating group) is 1. The van der Waals surface area contributed by atoms with Crippen molar-refractivity contribution in [2.45, 2.75) is 25.5 Å². The second-order valence-corrected chi connectivity index (χ2v) is 5.15. The molecule has 100 valence electrons. The lowest BCUT2D eigenvalue weighted by Gasteiger charge is -2.26. The number of anilines is 1. The van der Waals surface area contributed by atoms with Crippen molar-refractivity contribution in [2.24, 2.45) is 0 Å². The van der Waals surface area contributed by atoms with Crippen molar-refractivity contribution < 1.29 is 14.3 Å². The molecule has 1 aliphatic rings. The highest BCUT2D eigenvalue weighted by molar-refractivity contribution is 5.91. The molecule has 1 aliphatic heterocycles. The third-order valence-electron chi connectivity index (χ3n) is 3.19. The van der Waals surface area contributed by atoms with E-state index in [4.69, 9.17) is 4.42 Å². The fraction of sp³-hybridized carbons (Fsp3) is 0.615. The number of ketones is 1. The Kier molecular flexibility index (Phi) is 3.73. The van der Waals surface area contributed by atoms with Crippen molar-refractivity contribution in [3.63, 3.8) is 0 Å². The summed E-state index contributed by atoms with van der Waals surface area (Å²) in [5, 5.41) is 9.79. The van der Waals surface area contributed by atoms with E-state index in [1.54, 1.807) is 12.1 Å². The Labute approximate surface area is 107 Å². The molecule has 2 atom stereocenters. The zero-order valence-corrected chi connectivity index (χ0v) is 11.1. The third-order valence-corrected chi connectivity index (χ3v) is 3.19. The van der Waals surface area contributed by atoms with Gasteiger partial charge >= 0.3 is 0 Å². The van der Waals surface area contributed by atoms with Gasteiger partial charge in [0, 0.05) is 32.1 Å². The summed E-state index contributed by atoms with van der Waals surface area (Å²) < 4.78 is 5.54. The van der Waals surface area contributed by atoms with E-state index in [1.807, 2.05) is 19.0 Å². The number of aliphatic hydroxyl groups is 1. The monoisotopic (exact) mass is 252 g/mol. The number of carbonyl (C=O) groups is 1. The average molecular weight is 252 g/mol. The van der Waals surface area contributed by atoms with Crippen LogP contribution in [-0.2, 0) is 0 Å². The standard InChI is InChI=1S/C13H20N2O3/c1-9(16)12-4-5-13(18-12)15-8-11(17)6-10(15)7-14(2)3/h4-5,10-11,17H,6-8H2,1-3H3. The SMILES string of the molecule is CC(=O)c1ccc(N2CC(O)CC2CN(C)C)o1. The number of furan rings is 1. The van der Waals surface area contributed by atoms with Crippen molar-refractivity contribution in [3.8, 4) is 0 Å². The molecule has 1 fully saturated rings. The number of β-amino-alcohol motifs (C(OH)–C–C–N with tert-alkyl or cyclic N) is 1. The first-order chi connectivity index (χ1) is 8.47. The van der Waals surface area contributed by atoms with E-state index in [1.165, 1.54) is 6.92 Å². The summed E-state index contributed by atoms with van der Waals surface area (Å²) in [5.41, 5.74) is 0. The number of rotatable bonds is 4. The molecule has 0 bridgehead atoms. The minimum Gasteiger partial charge on any atom is -0.437 e. The lowest BCUT2D eigenvalue weighted by atomic mass is 10.2. The molecule has 0 amide bonds. The average Bonchev–Trinajstić information content (AvgIpc) is 2.83. The predicted molar refractivity (Wildman–Crippen MR) is 69.0 cm³/mol. The van der Waals surface area contributed by atoms with Gasteiger partial charge in [-0.3, -0.25) is 4.79 Å². The van der Waals surface area contributed by atoms with Gasteiger partial charge in [-0.25, -0.2) is 0 Å². The summed E-state index contributed by atoms with van der Waals surface area (Å²) in [7, 11) is 4.01. The van der Waals surface area contributed by atoms with Gasteiger partial charge in [0.1, 0.15) is 0 Å². The largest absolute Gasteiger partial charge is 0.437 e. The molecule has 2 unspecified atom stereocenters. The highest BCUT2D eigenvalue weighted by Crippen LogP contribution is 2.28. The van der Waals surface area contributed by atoms with Crippen molar-refractivity contribution in [3.05, 3.63) is 17.9 Å². The number of hydrogen-bond donors (Lipinski definition) is 1. The van der Waals surface area contributed by atoms with E-state index in [-0.39, 0.29) is 17.9 Å². The highest BCUT2D eigenvalue weighted by Gasteiger charge is 2.33. The van der Waals surface area contributed by atoms with Gasteiger partial charge in [0.25, 0.3) is 0 Å². The maximum Gasteiger partial charge on any atom is 0.196 e. The molecule has 2 rings (SSSR count).